The summed E-state index contributed by atoms with van der Waals surface area (Å²) in [5.41, 5.74) is 1.18. The average molecular weight is 340 g/mol. The van der Waals surface area contributed by atoms with Gasteiger partial charge in [0.2, 0.25) is 5.78 Å². The zero-order valence-electron chi connectivity index (χ0n) is 10.7. The minimum absolute atomic E-state index is 0.106. The maximum Gasteiger partial charge on any atom is 0.433 e. The van der Waals surface area contributed by atoms with E-state index < -0.39 is 16.6 Å². The molecule has 2 aromatic rings. The molecule has 0 spiro atoms. The third kappa shape index (κ3) is 2.57. The van der Waals surface area contributed by atoms with Gasteiger partial charge in [-0.1, -0.05) is 15.9 Å². The second-order valence-corrected chi connectivity index (χ2v) is 4.88. The molecule has 6 nitrogen and oxygen atoms in total. The molecule has 1 aromatic carbocycles. The summed E-state index contributed by atoms with van der Waals surface area (Å²) in [6.07, 6.45) is 0. The van der Waals surface area contributed by atoms with Crippen LogP contribution in [0.25, 0.3) is 0 Å². The first-order valence-electron chi connectivity index (χ1n) is 5.57. The fourth-order valence-electron chi connectivity index (χ4n) is 1.68. The van der Waals surface area contributed by atoms with Crippen LogP contribution in [0.15, 0.2) is 33.2 Å². The molecule has 0 bridgehead atoms. The van der Waals surface area contributed by atoms with Gasteiger partial charge in [0.15, 0.2) is 5.76 Å². The molecule has 0 unspecified atom stereocenters. The van der Waals surface area contributed by atoms with Crippen molar-refractivity contribution >= 4 is 27.6 Å². The largest absolute Gasteiger partial charge is 0.496 e. The number of furan rings is 1. The van der Waals surface area contributed by atoms with Crippen LogP contribution < -0.4 is 4.74 Å². The Bertz CT molecular complexity index is 692. The molecule has 1 heterocycles. The van der Waals surface area contributed by atoms with Crippen LogP contribution in [0, 0.1) is 17.0 Å². The molecular weight excluding hydrogens is 330 g/mol. The molecule has 1 aromatic heterocycles. The van der Waals surface area contributed by atoms with Crippen molar-refractivity contribution in [2.24, 2.45) is 0 Å². The number of methoxy groups -OCH3 is 1. The fraction of sp³-hybridized carbons (Fsp3) is 0.154. The minimum Gasteiger partial charge on any atom is -0.496 e. The van der Waals surface area contributed by atoms with E-state index in [1.807, 2.05) is 6.92 Å². The van der Waals surface area contributed by atoms with Crippen molar-refractivity contribution in [2.75, 3.05) is 7.11 Å². The van der Waals surface area contributed by atoms with Crippen LogP contribution in [0.4, 0.5) is 5.88 Å². The second-order valence-electron chi connectivity index (χ2n) is 4.03. The summed E-state index contributed by atoms with van der Waals surface area (Å²) >= 11 is 3.33. The number of ketones is 1. The van der Waals surface area contributed by atoms with Gasteiger partial charge in [0.25, 0.3) is 0 Å². The lowest BCUT2D eigenvalue weighted by atomic mass is 10.1. The van der Waals surface area contributed by atoms with Crippen molar-refractivity contribution in [1.29, 1.82) is 0 Å². The van der Waals surface area contributed by atoms with Crippen LogP contribution in [0.5, 0.6) is 5.75 Å². The van der Waals surface area contributed by atoms with Gasteiger partial charge in [-0.2, -0.15) is 0 Å². The van der Waals surface area contributed by atoms with Gasteiger partial charge in [-0.25, -0.2) is 0 Å². The summed E-state index contributed by atoms with van der Waals surface area (Å²) in [5.74, 6) is -0.672. The second kappa shape index (κ2) is 5.46. The first-order chi connectivity index (χ1) is 9.43. The van der Waals surface area contributed by atoms with Crippen LogP contribution >= 0.6 is 15.9 Å². The first-order valence-corrected chi connectivity index (χ1v) is 6.36. The third-order valence-corrected chi connectivity index (χ3v) is 3.58. The number of hydrogen-bond donors (Lipinski definition) is 0. The standard InChI is InChI=1S/C13H10BrNO5/c1-7-5-11(19-2)8(6-9(7)14)13(16)10-3-4-12(20-10)15(17)18/h3-6H,1-2H3. The van der Waals surface area contributed by atoms with E-state index >= 15 is 0 Å². The van der Waals surface area contributed by atoms with Crippen molar-refractivity contribution in [3.05, 3.63) is 55.7 Å². The molecule has 0 aliphatic rings. The number of benzene rings is 1. The number of carbonyl (C=O) groups is 1. The summed E-state index contributed by atoms with van der Waals surface area (Å²) in [4.78, 5) is 22.2. The van der Waals surface area contributed by atoms with Crippen LogP contribution in [-0.4, -0.2) is 17.8 Å². The smallest absolute Gasteiger partial charge is 0.433 e. The minimum atomic E-state index is -0.695. The third-order valence-electron chi connectivity index (χ3n) is 2.72. The fourth-order valence-corrected chi connectivity index (χ4v) is 2.03. The molecule has 0 aliphatic carbocycles. The number of hydrogen-bond acceptors (Lipinski definition) is 5. The molecule has 0 aliphatic heterocycles. The van der Waals surface area contributed by atoms with Crippen LogP contribution in [0.1, 0.15) is 21.7 Å². The molecule has 0 fully saturated rings. The van der Waals surface area contributed by atoms with Crippen LogP contribution in [0.3, 0.4) is 0 Å². The zero-order valence-corrected chi connectivity index (χ0v) is 12.3. The van der Waals surface area contributed by atoms with Gasteiger partial charge in [0.1, 0.15) is 10.7 Å². The first kappa shape index (κ1) is 14.3. The van der Waals surface area contributed by atoms with E-state index in [1.54, 1.807) is 12.1 Å². The molecule has 0 radical (unpaired) electrons. The van der Waals surface area contributed by atoms with E-state index in [2.05, 4.69) is 15.9 Å². The highest BCUT2D eigenvalue weighted by Crippen LogP contribution is 2.29. The Hall–Kier alpha value is -2.15. The van der Waals surface area contributed by atoms with Crippen molar-refractivity contribution in [3.8, 4) is 5.75 Å². The predicted molar refractivity (Wildman–Crippen MR) is 74.2 cm³/mol. The topological polar surface area (TPSA) is 82.6 Å². The highest BCUT2D eigenvalue weighted by atomic mass is 79.9. The monoisotopic (exact) mass is 339 g/mol. The molecule has 0 saturated carbocycles. The molecule has 0 N–H and O–H groups in total. The van der Waals surface area contributed by atoms with E-state index in [-0.39, 0.29) is 11.3 Å². The van der Waals surface area contributed by atoms with Gasteiger partial charge in [-0.05, 0) is 30.7 Å². The Balaban J connectivity index is 2.47. The van der Waals surface area contributed by atoms with Gasteiger partial charge in [0.05, 0.1) is 18.7 Å². The van der Waals surface area contributed by atoms with E-state index in [1.165, 1.54) is 13.2 Å². The maximum atomic E-state index is 12.3. The summed E-state index contributed by atoms with van der Waals surface area (Å²) in [7, 11) is 1.45. The lowest BCUT2D eigenvalue weighted by molar-refractivity contribution is -0.402. The van der Waals surface area contributed by atoms with Crippen LogP contribution in [0.2, 0.25) is 0 Å². The quantitative estimate of drug-likeness (QED) is 0.483. The number of carbonyl (C=O) groups excluding carboxylic acids is 1. The maximum absolute atomic E-state index is 12.3. The summed E-state index contributed by atoms with van der Waals surface area (Å²) < 4.78 is 10.8. The highest BCUT2D eigenvalue weighted by Gasteiger charge is 2.22. The summed E-state index contributed by atoms with van der Waals surface area (Å²) in [6, 6.07) is 5.72. The molecule has 0 amide bonds. The Morgan fingerprint density at radius 2 is 2.10 bits per heavy atom. The van der Waals surface area contributed by atoms with E-state index in [4.69, 9.17) is 9.15 Å². The molecule has 2 rings (SSSR count). The number of nitrogens with zero attached hydrogens (tertiary/aromatic N) is 1. The molecule has 20 heavy (non-hydrogen) atoms. The number of rotatable bonds is 4. The van der Waals surface area contributed by atoms with E-state index in [0.717, 1.165) is 16.1 Å². The lowest BCUT2D eigenvalue weighted by Crippen LogP contribution is -2.03. The molecule has 7 heteroatoms. The zero-order chi connectivity index (χ0) is 14.9. The van der Waals surface area contributed by atoms with Gasteiger partial charge in [-0.3, -0.25) is 14.9 Å². The summed E-state index contributed by atoms with van der Waals surface area (Å²) in [5, 5.41) is 10.6. The Labute approximate surface area is 122 Å². The van der Waals surface area contributed by atoms with E-state index in [0.29, 0.717) is 5.75 Å². The number of nitro groups is 1. The molecule has 0 atom stereocenters. The average Bonchev–Trinajstić information content (AvgIpc) is 2.90. The number of halogens is 1. The lowest BCUT2D eigenvalue weighted by Gasteiger charge is -2.09. The highest BCUT2D eigenvalue weighted by molar-refractivity contribution is 9.10. The predicted octanol–water partition coefficient (Wildman–Crippen LogP) is 3.50. The Morgan fingerprint density at radius 1 is 1.40 bits per heavy atom. The van der Waals surface area contributed by atoms with Gasteiger partial charge in [0, 0.05) is 4.47 Å². The number of aryl methyl sites for hydroxylation is 1. The van der Waals surface area contributed by atoms with Gasteiger partial charge >= 0.3 is 5.88 Å². The molecular formula is C13H10BrNO5. The van der Waals surface area contributed by atoms with Crippen LogP contribution in [-0.2, 0) is 0 Å². The molecule has 0 saturated heterocycles. The SMILES string of the molecule is COc1cc(C)c(Br)cc1C(=O)c1ccc([N+](=O)[O-])o1. The van der Waals surface area contributed by atoms with Crippen molar-refractivity contribution < 1.29 is 18.9 Å². The van der Waals surface area contributed by atoms with Crippen molar-refractivity contribution in [3.63, 3.8) is 0 Å². The molecule has 104 valence electrons. The van der Waals surface area contributed by atoms with Crippen molar-refractivity contribution in [1.82, 2.24) is 0 Å². The van der Waals surface area contributed by atoms with E-state index in [9.17, 15) is 14.9 Å². The Morgan fingerprint density at radius 3 is 2.65 bits per heavy atom. The Kier molecular flexibility index (Phi) is 3.89. The van der Waals surface area contributed by atoms with Gasteiger partial charge in [-0.15, -0.1) is 0 Å². The van der Waals surface area contributed by atoms with Crippen molar-refractivity contribution in [2.45, 2.75) is 6.92 Å². The summed E-state index contributed by atoms with van der Waals surface area (Å²) in [6.45, 7) is 1.86. The normalized spacial score (nSPS) is 10.3. The number of ether oxygens (including phenoxy) is 1. The van der Waals surface area contributed by atoms with Gasteiger partial charge < -0.3 is 9.15 Å².